The molecule has 0 rings (SSSR count). The Morgan fingerprint density at radius 1 is 0.667 bits per heavy atom. The molecule has 0 aliphatic heterocycles. The second kappa shape index (κ2) is 16.8. The van der Waals surface area contributed by atoms with Crippen molar-refractivity contribution in [3.05, 3.63) is 0 Å². The summed E-state index contributed by atoms with van der Waals surface area (Å²) in [5.74, 6) is -0.486. The Balaban J connectivity index is -0.0000000327. The molecular formula is C10H30O6S2-2. The van der Waals surface area contributed by atoms with Crippen LogP contribution in [0.2, 0.25) is 0 Å². The molecule has 8 heteroatoms. The van der Waals surface area contributed by atoms with Gasteiger partial charge in [0.05, 0.1) is 20.2 Å². The minimum atomic E-state index is -3.92. The van der Waals surface area contributed by atoms with E-state index in [1.165, 1.54) is 0 Å². The summed E-state index contributed by atoms with van der Waals surface area (Å²) in [6.07, 6.45) is 0.817. The molecule has 0 radical (unpaired) electrons. The Labute approximate surface area is 114 Å². The quantitative estimate of drug-likeness (QED) is 0.736. The van der Waals surface area contributed by atoms with Gasteiger partial charge in [-0.15, -0.1) is 0 Å². The zero-order valence-electron chi connectivity index (χ0n) is 8.09. The molecule has 0 spiro atoms. The minimum Gasteiger partial charge on any atom is -0.748 e. The van der Waals surface area contributed by atoms with Crippen molar-refractivity contribution in [2.24, 2.45) is 0 Å². The Kier molecular flexibility index (Phi) is 33.7. The molecule has 6 nitrogen and oxygen atoms in total. The molecule has 0 amide bonds. The van der Waals surface area contributed by atoms with Crippen LogP contribution in [-0.4, -0.2) is 37.4 Å². The molecule has 0 aromatic heterocycles. The van der Waals surface area contributed by atoms with Crippen LogP contribution in [0.15, 0.2) is 0 Å². The Morgan fingerprint density at radius 3 is 0.833 bits per heavy atom. The second-order valence-electron chi connectivity index (χ2n) is 2.52. The molecule has 0 saturated carbocycles. The molecule has 0 bridgehead atoms. The maximum atomic E-state index is 9.68. The van der Waals surface area contributed by atoms with Crippen molar-refractivity contribution in [3.63, 3.8) is 0 Å². The van der Waals surface area contributed by atoms with Crippen molar-refractivity contribution in [1.29, 1.82) is 0 Å². The summed E-state index contributed by atoms with van der Waals surface area (Å²) in [6, 6.07) is 0. The summed E-state index contributed by atoms with van der Waals surface area (Å²) in [7, 11) is -7.85. The lowest BCUT2D eigenvalue weighted by Gasteiger charge is -2.01. The molecule has 0 aromatic rings. The van der Waals surface area contributed by atoms with E-state index in [4.69, 9.17) is 0 Å². The maximum absolute atomic E-state index is 9.68. The Bertz CT molecular complexity index is 284. The van der Waals surface area contributed by atoms with Crippen LogP contribution in [0.4, 0.5) is 0 Å². The number of hydrogen-bond donors (Lipinski definition) is 0. The van der Waals surface area contributed by atoms with Gasteiger partial charge in [0.25, 0.3) is 0 Å². The highest BCUT2D eigenvalue weighted by Crippen LogP contribution is 1.83. The van der Waals surface area contributed by atoms with Crippen LogP contribution >= 0.6 is 0 Å². The molecule has 0 aliphatic rings. The second-order valence-corrected chi connectivity index (χ2v) is 5.57. The van der Waals surface area contributed by atoms with E-state index in [-0.39, 0.29) is 41.2 Å². The van der Waals surface area contributed by atoms with E-state index >= 15 is 0 Å². The molecule has 0 fully saturated rings. The average Bonchev–Trinajstić information content (AvgIpc) is 1.81. The number of rotatable bonds is 4. The van der Waals surface area contributed by atoms with Gasteiger partial charge in [0.1, 0.15) is 0 Å². The van der Waals surface area contributed by atoms with Crippen LogP contribution in [-0.2, 0) is 20.2 Å². The standard InChI is InChI=1S/2C3H8O3S.4CH4/c2*1-2-3-7(4,5)6;;;;/h2*2-3H2,1H3,(H,4,5,6);4*1H4/p-2. The lowest BCUT2D eigenvalue weighted by atomic mass is 10.6. The lowest BCUT2D eigenvalue weighted by Crippen LogP contribution is -2.01. The maximum Gasteiger partial charge on any atom is 0.0945 e. The summed E-state index contributed by atoms with van der Waals surface area (Å²) < 4.78 is 58.1. The van der Waals surface area contributed by atoms with E-state index in [0.29, 0.717) is 12.8 Å². The van der Waals surface area contributed by atoms with Gasteiger partial charge in [-0.25, -0.2) is 16.8 Å². The van der Waals surface area contributed by atoms with Gasteiger partial charge in [-0.1, -0.05) is 43.6 Å². The van der Waals surface area contributed by atoms with Crippen molar-refractivity contribution in [3.8, 4) is 0 Å². The molecule has 0 aliphatic carbocycles. The summed E-state index contributed by atoms with van der Waals surface area (Å²) in [6.45, 7) is 3.30. The van der Waals surface area contributed by atoms with E-state index in [2.05, 4.69) is 0 Å². The van der Waals surface area contributed by atoms with Gasteiger partial charge in [-0.2, -0.15) is 0 Å². The van der Waals surface area contributed by atoms with E-state index in [1.807, 2.05) is 0 Å². The van der Waals surface area contributed by atoms with Crippen molar-refractivity contribution >= 4 is 20.2 Å². The van der Waals surface area contributed by atoms with E-state index in [9.17, 15) is 25.9 Å². The molecule has 0 unspecified atom stereocenters. The van der Waals surface area contributed by atoms with E-state index in [1.54, 1.807) is 13.8 Å². The SMILES string of the molecule is C.C.C.C.CCCS(=O)(=O)[O-].CCCS(=O)(=O)[O-]. The Hall–Kier alpha value is -0.180. The smallest absolute Gasteiger partial charge is 0.0945 e. The topological polar surface area (TPSA) is 114 Å². The molecule has 0 saturated heterocycles. The van der Waals surface area contributed by atoms with Crippen LogP contribution in [0.25, 0.3) is 0 Å². The lowest BCUT2D eigenvalue weighted by molar-refractivity contribution is 0.460. The molecule has 0 atom stereocenters. The fourth-order valence-electron chi connectivity index (χ4n) is 0.500. The van der Waals surface area contributed by atoms with Crippen LogP contribution < -0.4 is 0 Å². The monoisotopic (exact) mass is 310 g/mol. The fraction of sp³-hybridized carbons (Fsp3) is 1.00. The zero-order valence-corrected chi connectivity index (χ0v) is 9.73. The third-order valence-electron chi connectivity index (χ3n) is 0.908. The third kappa shape index (κ3) is 56.8. The highest BCUT2D eigenvalue weighted by atomic mass is 32.2. The fourth-order valence-corrected chi connectivity index (χ4v) is 1.50. The summed E-state index contributed by atoms with van der Waals surface area (Å²) in [5, 5.41) is 0. The summed E-state index contributed by atoms with van der Waals surface area (Å²) in [5.41, 5.74) is 0. The van der Waals surface area contributed by atoms with Crippen LogP contribution in [0.5, 0.6) is 0 Å². The van der Waals surface area contributed by atoms with Gasteiger partial charge in [0.15, 0.2) is 0 Å². The molecule has 120 valence electrons. The van der Waals surface area contributed by atoms with Gasteiger partial charge < -0.3 is 9.11 Å². The molecule has 0 heterocycles. The largest absolute Gasteiger partial charge is 0.748 e. The van der Waals surface area contributed by atoms with Crippen LogP contribution in [0.1, 0.15) is 56.4 Å². The van der Waals surface area contributed by atoms with Gasteiger partial charge in [-0.3, -0.25) is 0 Å². The zero-order chi connectivity index (χ0) is 11.8. The highest BCUT2D eigenvalue weighted by molar-refractivity contribution is 7.85. The first-order valence-corrected chi connectivity index (χ1v) is 7.15. The van der Waals surface area contributed by atoms with Gasteiger partial charge in [-0.05, 0) is 12.8 Å². The molecule has 18 heavy (non-hydrogen) atoms. The van der Waals surface area contributed by atoms with Crippen molar-refractivity contribution in [1.82, 2.24) is 0 Å². The normalized spacial score (nSPS) is 9.11. The summed E-state index contributed by atoms with van der Waals surface area (Å²) >= 11 is 0. The molecule has 0 aromatic carbocycles. The molecular weight excluding hydrogens is 280 g/mol. The summed E-state index contributed by atoms with van der Waals surface area (Å²) in [4.78, 5) is 0. The first kappa shape index (κ1) is 36.1. The van der Waals surface area contributed by atoms with Gasteiger partial charge >= 0.3 is 0 Å². The van der Waals surface area contributed by atoms with Crippen molar-refractivity contribution < 1.29 is 25.9 Å². The predicted molar refractivity (Wildman–Crippen MR) is 76.6 cm³/mol. The van der Waals surface area contributed by atoms with Crippen LogP contribution in [0, 0.1) is 0 Å². The average molecular weight is 310 g/mol. The first-order chi connectivity index (χ1) is 6.12. The highest BCUT2D eigenvalue weighted by Gasteiger charge is 1.87. The molecule has 0 N–H and O–H groups in total. The van der Waals surface area contributed by atoms with Crippen molar-refractivity contribution in [2.75, 3.05) is 11.5 Å². The van der Waals surface area contributed by atoms with Crippen molar-refractivity contribution in [2.45, 2.75) is 56.4 Å². The van der Waals surface area contributed by atoms with E-state index < -0.39 is 20.2 Å². The predicted octanol–water partition coefficient (Wildman–Crippen LogP) is 2.43. The number of hydrogen-bond acceptors (Lipinski definition) is 6. The van der Waals surface area contributed by atoms with Gasteiger partial charge in [0, 0.05) is 11.5 Å². The van der Waals surface area contributed by atoms with E-state index in [0.717, 1.165) is 0 Å². The first-order valence-electron chi connectivity index (χ1n) is 3.99. The Morgan fingerprint density at radius 2 is 0.833 bits per heavy atom. The van der Waals surface area contributed by atoms with Crippen LogP contribution in [0.3, 0.4) is 0 Å². The van der Waals surface area contributed by atoms with Gasteiger partial charge in [0.2, 0.25) is 0 Å². The third-order valence-corrected chi connectivity index (χ3v) is 2.72. The minimum absolute atomic E-state index is 0.